The molecule has 0 radical (unpaired) electrons. The molecule has 3 rings (SSSR count). The Balaban J connectivity index is 1.63. The summed E-state index contributed by atoms with van der Waals surface area (Å²) in [4.78, 5) is 12.3. The summed E-state index contributed by atoms with van der Waals surface area (Å²) in [7, 11) is -0.396. The van der Waals surface area contributed by atoms with E-state index in [4.69, 9.17) is 18.7 Å². The second kappa shape index (κ2) is 9.25. The van der Waals surface area contributed by atoms with Crippen molar-refractivity contribution in [1.82, 2.24) is 14.8 Å². The number of nitrogens with one attached hydrogen (secondary N) is 1. The molecule has 1 amide bonds. The van der Waals surface area contributed by atoms with E-state index in [1.165, 1.54) is 24.6 Å². The molecule has 11 heteroatoms. The van der Waals surface area contributed by atoms with Crippen LogP contribution in [0.15, 0.2) is 28.8 Å². The van der Waals surface area contributed by atoms with E-state index in [1.54, 1.807) is 18.2 Å². The fourth-order valence-electron chi connectivity index (χ4n) is 2.85. The molecule has 1 aliphatic rings. The van der Waals surface area contributed by atoms with Crippen molar-refractivity contribution in [2.24, 2.45) is 0 Å². The molecule has 10 nitrogen and oxygen atoms in total. The molecule has 0 spiro atoms. The van der Waals surface area contributed by atoms with Crippen LogP contribution in [0.1, 0.15) is 10.5 Å². The van der Waals surface area contributed by atoms with Gasteiger partial charge in [0.05, 0.1) is 38.7 Å². The highest BCUT2D eigenvalue weighted by atomic mass is 32.2. The highest BCUT2D eigenvalue weighted by Gasteiger charge is 2.24. The van der Waals surface area contributed by atoms with Crippen LogP contribution in [0.2, 0.25) is 0 Å². The number of aromatic nitrogens is 1. The van der Waals surface area contributed by atoms with Crippen molar-refractivity contribution in [3.05, 3.63) is 30.0 Å². The summed E-state index contributed by atoms with van der Waals surface area (Å²) in [6.45, 7) is 1.36. The van der Waals surface area contributed by atoms with Crippen LogP contribution in [0.4, 0.5) is 0 Å². The first-order valence-electron chi connectivity index (χ1n) is 8.97. The number of ether oxygens (including phenoxy) is 3. The van der Waals surface area contributed by atoms with E-state index in [0.29, 0.717) is 49.1 Å². The number of morpholine rings is 1. The van der Waals surface area contributed by atoms with Gasteiger partial charge in [0.25, 0.3) is 5.91 Å². The van der Waals surface area contributed by atoms with E-state index in [-0.39, 0.29) is 18.0 Å². The fraction of sp³-hybridized carbons (Fsp3) is 0.444. The molecule has 1 aromatic heterocycles. The van der Waals surface area contributed by atoms with Crippen LogP contribution < -0.4 is 14.8 Å². The van der Waals surface area contributed by atoms with Gasteiger partial charge >= 0.3 is 0 Å². The molecular formula is C18H23N3O7S. The minimum absolute atomic E-state index is 0.0358. The number of carbonyl (C=O) groups excluding carboxylic acids is 1. The van der Waals surface area contributed by atoms with Crippen molar-refractivity contribution in [1.29, 1.82) is 0 Å². The molecule has 0 bridgehead atoms. The van der Waals surface area contributed by atoms with Gasteiger partial charge in [0.2, 0.25) is 10.0 Å². The first-order chi connectivity index (χ1) is 13.9. The van der Waals surface area contributed by atoms with E-state index in [2.05, 4.69) is 10.5 Å². The Morgan fingerprint density at radius 3 is 2.66 bits per heavy atom. The minimum atomic E-state index is -3.45. The van der Waals surface area contributed by atoms with Gasteiger partial charge in [-0.2, -0.15) is 4.31 Å². The molecule has 1 aliphatic heterocycles. The molecule has 158 valence electrons. The van der Waals surface area contributed by atoms with Gasteiger partial charge in [0.15, 0.2) is 11.5 Å². The SMILES string of the molecule is COc1ccc(OC)c(-c2cc(C(=O)NCCS(=O)(=O)N3CCOCC3)no2)c1. The highest BCUT2D eigenvalue weighted by Crippen LogP contribution is 2.33. The topological polar surface area (TPSA) is 120 Å². The third-order valence-corrected chi connectivity index (χ3v) is 6.30. The zero-order chi connectivity index (χ0) is 20.9. The number of amides is 1. The normalized spacial score (nSPS) is 15.1. The number of nitrogens with zero attached hydrogens (tertiary/aromatic N) is 2. The van der Waals surface area contributed by atoms with E-state index in [0.717, 1.165) is 0 Å². The lowest BCUT2D eigenvalue weighted by Crippen LogP contribution is -2.43. The maximum atomic E-state index is 12.3. The Labute approximate surface area is 168 Å². The Morgan fingerprint density at radius 2 is 1.97 bits per heavy atom. The van der Waals surface area contributed by atoms with Crippen LogP contribution in [0.25, 0.3) is 11.3 Å². The largest absolute Gasteiger partial charge is 0.497 e. The Hall–Kier alpha value is -2.63. The molecule has 0 unspecified atom stereocenters. The standard InChI is InChI=1S/C18H23N3O7S/c1-25-13-3-4-16(26-2)14(11-13)17-12-15(20-28-17)18(22)19-5-10-29(23,24)21-6-8-27-9-7-21/h3-4,11-12H,5-10H2,1-2H3,(H,19,22). The summed E-state index contributed by atoms with van der Waals surface area (Å²) in [5, 5.41) is 6.32. The summed E-state index contributed by atoms with van der Waals surface area (Å²) >= 11 is 0. The first kappa shape index (κ1) is 21.1. The number of benzene rings is 1. The minimum Gasteiger partial charge on any atom is -0.497 e. The molecule has 1 fully saturated rings. The number of hydrogen-bond donors (Lipinski definition) is 1. The molecule has 0 aliphatic carbocycles. The molecule has 2 heterocycles. The molecular weight excluding hydrogens is 402 g/mol. The Kier molecular flexibility index (Phi) is 6.72. The molecule has 1 aromatic carbocycles. The second-order valence-electron chi connectivity index (χ2n) is 6.23. The zero-order valence-corrected chi connectivity index (χ0v) is 17.0. The zero-order valence-electron chi connectivity index (χ0n) is 16.2. The van der Waals surface area contributed by atoms with Crippen molar-refractivity contribution in [2.75, 3.05) is 52.8 Å². The molecule has 0 saturated carbocycles. The predicted octanol–water partition coefficient (Wildman–Crippen LogP) is 0.751. The molecule has 2 aromatic rings. The van der Waals surface area contributed by atoms with Crippen molar-refractivity contribution < 1.29 is 31.9 Å². The van der Waals surface area contributed by atoms with Gasteiger partial charge in [-0.1, -0.05) is 5.16 Å². The van der Waals surface area contributed by atoms with E-state index in [1.807, 2.05) is 0 Å². The van der Waals surface area contributed by atoms with Gasteiger partial charge in [0, 0.05) is 25.7 Å². The third kappa shape index (κ3) is 5.05. The lowest BCUT2D eigenvalue weighted by molar-refractivity contribution is 0.0730. The quantitative estimate of drug-likeness (QED) is 0.658. The lowest BCUT2D eigenvalue weighted by atomic mass is 10.1. The van der Waals surface area contributed by atoms with Gasteiger partial charge in [0.1, 0.15) is 11.5 Å². The maximum Gasteiger partial charge on any atom is 0.273 e. The van der Waals surface area contributed by atoms with Crippen LogP contribution in [-0.2, 0) is 14.8 Å². The number of rotatable bonds is 8. The Bertz CT molecular complexity index is 952. The molecule has 1 saturated heterocycles. The summed E-state index contributed by atoms with van der Waals surface area (Å²) in [6, 6.07) is 6.62. The van der Waals surface area contributed by atoms with Gasteiger partial charge in [-0.25, -0.2) is 8.42 Å². The molecule has 1 N–H and O–H groups in total. The summed E-state index contributed by atoms with van der Waals surface area (Å²) in [5.74, 6) is 0.723. The van der Waals surface area contributed by atoms with Crippen LogP contribution >= 0.6 is 0 Å². The van der Waals surface area contributed by atoms with E-state index >= 15 is 0 Å². The van der Waals surface area contributed by atoms with Crippen molar-refractivity contribution >= 4 is 15.9 Å². The first-order valence-corrected chi connectivity index (χ1v) is 10.6. The van der Waals surface area contributed by atoms with Crippen LogP contribution in [-0.4, -0.2) is 76.6 Å². The van der Waals surface area contributed by atoms with Crippen molar-refractivity contribution in [2.45, 2.75) is 0 Å². The van der Waals surface area contributed by atoms with E-state index in [9.17, 15) is 13.2 Å². The monoisotopic (exact) mass is 425 g/mol. The van der Waals surface area contributed by atoms with E-state index < -0.39 is 15.9 Å². The van der Waals surface area contributed by atoms with Crippen molar-refractivity contribution in [3.63, 3.8) is 0 Å². The number of methoxy groups -OCH3 is 2. The van der Waals surface area contributed by atoms with Gasteiger partial charge < -0.3 is 24.1 Å². The lowest BCUT2D eigenvalue weighted by Gasteiger charge is -2.25. The average Bonchev–Trinajstić information content (AvgIpc) is 3.24. The van der Waals surface area contributed by atoms with Gasteiger partial charge in [-0.3, -0.25) is 4.79 Å². The van der Waals surface area contributed by atoms with Crippen molar-refractivity contribution in [3.8, 4) is 22.8 Å². The highest BCUT2D eigenvalue weighted by molar-refractivity contribution is 7.89. The maximum absolute atomic E-state index is 12.3. The number of carbonyl (C=O) groups is 1. The fourth-order valence-corrected chi connectivity index (χ4v) is 4.18. The third-order valence-electron chi connectivity index (χ3n) is 4.42. The Morgan fingerprint density at radius 1 is 1.21 bits per heavy atom. The van der Waals surface area contributed by atoms with Gasteiger partial charge in [-0.05, 0) is 18.2 Å². The average molecular weight is 425 g/mol. The van der Waals surface area contributed by atoms with Crippen LogP contribution in [0.3, 0.4) is 0 Å². The second-order valence-corrected chi connectivity index (χ2v) is 8.31. The molecule has 29 heavy (non-hydrogen) atoms. The number of sulfonamides is 1. The summed E-state index contributed by atoms with van der Waals surface area (Å²) in [6.07, 6.45) is 0. The smallest absolute Gasteiger partial charge is 0.273 e. The predicted molar refractivity (Wildman–Crippen MR) is 104 cm³/mol. The van der Waals surface area contributed by atoms with Crippen LogP contribution in [0, 0.1) is 0 Å². The summed E-state index contributed by atoms with van der Waals surface area (Å²) in [5.41, 5.74) is 0.613. The summed E-state index contributed by atoms with van der Waals surface area (Å²) < 4.78 is 46.9. The molecule has 0 atom stereocenters. The van der Waals surface area contributed by atoms with Gasteiger partial charge in [-0.15, -0.1) is 0 Å². The number of hydrogen-bond acceptors (Lipinski definition) is 8. The van der Waals surface area contributed by atoms with Crippen LogP contribution in [0.5, 0.6) is 11.5 Å².